The summed E-state index contributed by atoms with van der Waals surface area (Å²) in [5.74, 6) is -0.549. The minimum Gasteiger partial charge on any atom is -0.468 e. The first-order valence-electron chi connectivity index (χ1n) is 7.78. The van der Waals surface area contributed by atoms with Crippen molar-refractivity contribution in [2.24, 2.45) is 0 Å². The lowest BCUT2D eigenvalue weighted by Gasteiger charge is -2.25. The molecule has 0 aliphatic heterocycles. The maximum atomic E-state index is 12.5. The number of aromatic nitrogens is 1. The van der Waals surface area contributed by atoms with Crippen molar-refractivity contribution < 1.29 is 14.3 Å². The Balaban J connectivity index is 2.08. The van der Waals surface area contributed by atoms with Crippen molar-refractivity contribution in [2.75, 3.05) is 13.7 Å². The number of hydrogen-bond acceptors (Lipinski definition) is 5. The summed E-state index contributed by atoms with van der Waals surface area (Å²) in [7, 11) is 1.32. The van der Waals surface area contributed by atoms with Gasteiger partial charge in [0.15, 0.2) is 0 Å². The molecule has 0 aliphatic rings. The number of methoxy groups -OCH3 is 1. The molecule has 0 unspecified atom stereocenters. The highest BCUT2D eigenvalue weighted by molar-refractivity contribution is 7.13. The van der Waals surface area contributed by atoms with Crippen LogP contribution in [0.4, 0.5) is 0 Å². The predicted molar refractivity (Wildman–Crippen MR) is 94.9 cm³/mol. The molecule has 1 aromatic carbocycles. The maximum Gasteiger partial charge on any atom is 0.325 e. The second kappa shape index (κ2) is 8.06. The molecule has 2 aromatic rings. The fraction of sp³-hybridized carbons (Fsp3) is 0.389. The van der Waals surface area contributed by atoms with Crippen LogP contribution < -0.4 is 0 Å². The van der Waals surface area contributed by atoms with Crippen molar-refractivity contribution >= 4 is 23.2 Å². The number of hydrogen-bond donors (Lipinski definition) is 0. The van der Waals surface area contributed by atoms with Crippen LogP contribution >= 0.6 is 11.3 Å². The van der Waals surface area contributed by atoms with Crippen molar-refractivity contribution in [2.45, 2.75) is 33.2 Å². The topological polar surface area (TPSA) is 59.5 Å². The lowest BCUT2D eigenvalue weighted by atomic mass is 10.2. The van der Waals surface area contributed by atoms with E-state index in [-0.39, 0.29) is 24.9 Å². The molecule has 2 rings (SSSR count). The SMILES string of the molecule is COC(=O)CN(C(=O)Cc1csc(-c2ccc(C)cc2)n1)C(C)C. The van der Waals surface area contributed by atoms with E-state index in [4.69, 9.17) is 0 Å². The number of thiazole rings is 1. The maximum absolute atomic E-state index is 12.5. The minimum atomic E-state index is -0.421. The van der Waals surface area contributed by atoms with E-state index in [0.29, 0.717) is 0 Å². The van der Waals surface area contributed by atoms with Crippen molar-refractivity contribution in [3.63, 3.8) is 0 Å². The number of carbonyl (C=O) groups is 2. The summed E-state index contributed by atoms with van der Waals surface area (Å²) < 4.78 is 4.66. The Morgan fingerprint density at radius 3 is 2.50 bits per heavy atom. The van der Waals surface area contributed by atoms with Gasteiger partial charge in [-0.05, 0) is 20.8 Å². The monoisotopic (exact) mass is 346 g/mol. The Kier molecular flexibility index (Phi) is 6.09. The van der Waals surface area contributed by atoms with Crippen molar-refractivity contribution in [1.82, 2.24) is 9.88 Å². The van der Waals surface area contributed by atoms with E-state index in [9.17, 15) is 9.59 Å². The van der Waals surface area contributed by atoms with Crippen LogP contribution in [0.2, 0.25) is 0 Å². The number of benzene rings is 1. The van der Waals surface area contributed by atoms with Gasteiger partial charge in [-0.25, -0.2) is 4.98 Å². The van der Waals surface area contributed by atoms with Crippen LogP contribution in [0.5, 0.6) is 0 Å². The summed E-state index contributed by atoms with van der Waals surface area (Å²) in [4.78, 5) is 30.0. The highest BCUT2D eigenvalue weighted by atomic mass is 32.1. The molecule has 0 N–H and O–H groups in total. The van der Waals surface area contributed by atoms with E-state index in [2.05, 4.69) is 9.72 Å². The molecule has 0 saturated carbocycles. The summed E-state index contributed by atoms with van der Waals surface area (Å²) in [6.45, 7) is 5.75. The average molecular weight is 346 g/mol. The summed E-state index contributed by atoms with van der Waals surface area (Å²) in [6.07, 6.45) is 0.178. The molecule has 0 atom stereocenters. The normalized spacial score (nSPS) is 10.7. The van der Waals surface area contributed by atoms with Crippen LogP contribution in [0, 0.1) is 6.92 Å². The first kappa shape index (κ1) is 18.1. The van der Waals surface area contributed by atoms with E-state index in [1.165, 1.54) is 28.9 Å². The van der Waals surface area contributed by atoms with Crippen LogP contribution in [0.15, 0.2) is 29.6 Å². The molecule has 1 heterocycles. The molecular formula is C18H22N2O3S. The van der Waals surface area contributed by atoms with Gasteiger partial charge in [0.1, 0.15) is 11.6 Å². The molecule has 1 aromatic heterocycles. The third-order valence-corrected chi connectivity index (χ3v) is 4.59. The lowest BCUT2D eigenvalue weighted by Crippen LogP contribution is -2.41. The zero-order valence-electron chi connectivity index (χ0n) is 14.4. The van der Waals surface area contributed by atoms with E-state index in [0.717, 1.165) is 16.3 Å². The average Bonchev–Trinajstić information content (AvgIpc) is 3.00. The van der Waals surface area contributed by atoms with Gasteiger partial charge in [-0.3, -0.25) is 9.59 Å². The molecule has 5 nitrogen and oxygen atoms in total. The number of aryl methyl sites for hydroxylation is 1. The Bertz CT molecular complexity index is 707. The molecule has 6 heteroatoms. The first-order valence-corrected chi connectivity index (χ1v) is 8.66. The Labute approximate surface area is 146 Å². The zero-order chi connectivity index (χ0) is 17.7. The van der Waals surface area contributed by atoms with Gasteiger partial charge in [-0.2, -0.15) is 0 Å². The molecule has 0 saturated heterocycles. The Morgan fingerprint density at radius 1 is 1.25 bits per heavy atom. The minimum absolute atomic E-state index is 0.0397. The van der Waals surface area contributed by atoms with Crippen LogP contribution in [-0.2, 0) is 20.7 Å². The summed E-state index contributed by atoms with van der Waals surface area (Å²) in [6, 6.07) is 8.05. The molecule has 0 spiro atoms. The number of carbonyl (C=O) groups excluding carboxylic acids is 2. The van der Waals surface area contributed by atoms with Crippen LogP contribution in [0.3, 0.4) is 0 Å². The number of rotatable bonds is 6. The quantitative estimate of drug-likeness (QED) is 0.754. The molecule has 0 bridgehead atoms. The standard InChI is InChI=1S/C18H22N2O3S/c1-12(2)20(10-17(22)23-4)16(21)9-15-11-24-18(19-15)14-7-5-13(3)6-8-14/h5-8,11-12H,9-10H2,1-4H3. The summed E-state index contributed by atoms with van der Waals surface area (Å²) in [5.41, 5.74) is 2.96. The van der Waals surface area contributed by atoms with Gasteiger partial charge in [0.05, 0.1) is 19.2 Å². The number of esters is 1. The van der Waals surface area contributed by atoms with Crippen LogP contribution in [0.25, 0.3) is 10.6 Å². The molecule has 128 valence electrons. The highest BCUT2D eigenvalue weighted by Crippen LogP contribution is 2.24. The number of amides is 1. The van der Waals surface area contributed by atoms with Gasteiger partial charge >= 0.3 is 5.97 Å². The number of ether oxygens (including phenoxy) is 1. The molecule has 0 fully saturated rings. The molecule has 0 aliphatic carbocycles. The van der Waals surface area contributed by atoms with Gasteiger partial charge in [0.2, 0.25) is 5.91 Å². The molecule has 0 radical (unpaired) electrons. The predicted octanol–water partition coefficient (Wildman–Crippen LogP) is 3.07. The van der Waals surface area contributed by atoms with Crippen LogP contribution in [0.1, 0.15) is 25.1 Å². The lowest BCUT2D eigenvalue weighted by molar-refractivity contribution is -0.148. The van der Waals surface area contributed by atoms with Crippen LogP contribution in [-0.4, -0.2) is 41.5 Å². The third kappa shape index (κ3) is 4.64. The van der Waals surface area contributed by atoms with Gasteiger partial charge in [-0.1, -0.05) is 29.8 Å². The fourth-order valence-corrected chi connectivity index (χ4v) is 3.06. The van der Waals surface area contributed by atoms with Gasteiger partial charge in [0, 0.05) is 17.0 Å². The zero-order valence-corrected chi connectivity index (χ0v) is 15.2. The van der Waals surface area contributed by atoms with E-state index in [1.807, 2.05) is 50.4 Å². The number of nitrogens with zero attached hydrogens (tertiary/aromatic N) is 2. The first-order chi connectivity index (χ1) is 11.4. The van der Waals surface area contributed by atoms with Crippen molar-refractivity contribution in [1.29, 1.82) is 0 Å². The smallest absolute Gasteiger partial charge is 0.325 e. The van der Waals surface area contributed by atoms with Gasteiger partial charge < -0.3 is 9.64 Å². The molecular weight excluding hydrogens is 324 g/mol. The molecule has 1 amide bonds. The van der Waals surface area contributed by atoms with Gasteiger partial charge in [-0.15, -0.1) is 11.3 Å². The van der Waals surface area contributed by atoms with E-state index < -0.39 is 5.97 Å². The Morgan fingerprint density at radius 2 is 1.92 bits per heavy atom. The fourth-order valence-electron chi connectivity index (χ4n) is 2.24. The second-order valence-corrected chi connectivity index (χ2v) is 6.74. The third-order valence-electron chi connectivity index (χ3n) is 3.65. The van der Waals surface area contributed by atoms with Crippen molar-refractivity contribution in [3.05, 3.63) is 40.9 Å². The van der Waals surface area contributed by atoms with E-state index in [1.54, 1.807) is 0 Å². The highest BCUT2D eigenvalue weighted by Gasteiger charge is 2.21. The molecule has 24 heavy (non-hydrogen) atoms. The summed E-state index contributed by atoms with van der Waals surface area (Å²) in [5, 5.41) is 2.78. The second-order valence-electron chi connectivity index (χ2n) is 5.88. The van der Waals surface area contributed by atoms with E-state index >= 15 is 0 Å². The summed E-state index contributed by atoms with van der Waals surface area (Å²) >= 11 is 1.52. The van der Waals surface area contributed by atoms with Crippen molar-refractivity contribution in [3.8, 4) is 10.6 Å². The Hall–Kier alpha value is -2.21. The van der Waals surface area contributed by atoms with Gasteiger partial charge in [0.25, 0.3) is 0 Å². The largest absolute Gasteiger partial charge is 0.468 e.